The van der Waals surface area contributed by atoms with Gasteiger partial charge in [0.15, 0.2) is 0 Å². The average Bonchev–Trinajstić information content (AvgIpc) is 3.23. The van der Waals surface area contributed by atoms with Crippen LogP contribution in [0.4, 0.5) is 4.79 Å². The molecule has 184 valence electrons. The molecular formula is C26H30N4O5. The second-order valence-corrected chi connectivity index (χ2v) is 8.87. The van der Waals surface area contributed by atoms with E-state index in [9.17, 15) is 14.7 Å². The second-order valence-electron chi connectivity index (χ2n) is 8.87. The summed E-state index contributed by atoms with van der Waals surface area (Å²) in [4.78, 5) is 25.3. The fourth-order valence-corrected chi connectivity index (χ4v) is 4.29. The van der Waals surface area contributed by atoms with Crippen LogP contribution in [0.25, 0.3) is 11.3 Å². The number of carbonyl (C=O) groups excluding carboxylic acids is 1. The highest BCUT2D eigenvalue weighted by molar-refractivity contribution is 5.70. The smallest absolute Gasteiger partial charge is 0.410 e. The number of benzene rings is 2. The quantitative estimate of drug-likeness (QED) is 0.515. The predicted molar refractivity (Wildman–Crippen MR) is 129 cm³/mol. The molecule has 0 radical (unpaired) electrons. The van der Waals surface area contributed by atoms with Gasteiger partial charge in [-0.1, -0.05) is 35.5 Å². The zero-order valence-electron chi connectivity index (χ0n) is 20.0. The molecule has 1 saturated carbocycles. The van der Waals surface area contributed by atoms with Gasteiger partial charge >= 0.3 is 12.1 Å². The highest BCUT2D eigenvalue weighted by Gasteiger charge is 2.28. The van der Waals surface area contributed by atoms with Crippen molar-refractivity contribution >= 4 is 12.1 Å². The minimum Gasteiger partial charge on any atom is -0.490 e. The van der Waals surface area contributed by atoms with Crippen LogP contribution in [0.3, 0.4) is 0 Å². The maximum atomic E-state index is 12.5. The third-order valence-corrected chi connectivity index (χ3v) is 6.26. The number of aromatic nitrogens is 3. The number of amides is 1. The van der Waals surface area contributed by atoms with E-state index >= 15 is 0 Å². The minimum atomic E-state index is -0.754. The predicted octanol–water partition coefficient (Wildman–Crippen LogP) is 4.27. The van der Waals surface area contributed by atoms with Crippen molar-refractivity contribution in [2.75, 3.05) is 7.05 Å². The minimum absolute atomic E-state index is 0.0354. The Morgan fingerprint density at radius 3 is 2.57 bits per heavy atom. The number of aliphatic carboxylic acids is 1. The van der Waals surface area contributed by atoms with Crippen LogP contribution < -0.4 is 4.74 Å². The van der Waals surface area contributed by atoms with Crippen molar-refractivity contribution in [2.45, 2.75) is 44.9 Å². The van der Waals surface area contributed by atoms with Gasteiger partial charge in [-0.05, 0) is 55.5 Å². The lowest BCUT2D eigenvalue weighted by atomic mass is 9.87. The largest absolute Gasteiger partial charge is 0.490 e. The molecule has 1 amide bonds. The van der Waals surface area contributed by atoms with Crippen molar-refractivity contribution in [3.63, 3.8) is 0 Å². The van der Waals surface area contributed by atoms with Gasteiger partial charge < -0.3 is 19.5 Å². The molecule has 9 nitrogen and oxygen atoms in total. The molecule has 1 heterocycles. The molecule has 0 saturated heterocycles. The van der Waals surface area contributed by atoms with E-state index in [2.05, 4.69) is 10.3 Å². The normalized spacial score (nSPS) is 17.5. The molecule has 0 bridgehead atoms. The topological polar surface area (TPSA) is 107 Å². The summed E-state index contributed by atoms with van der Waals surface area (Å²) >= 11 is 0. The number of carboxylic acid groups (broad SMARTS) is 1. The Hall–Kier alpha value is -3.88. The van der Waals surface area contributed by atoms with E-state index in [0.29, 0.717) is 36.5 Å². The van der Waals surface area contributed by atoms with Crippen LogP contribution in [-0.2, 0) is 29.7 Å². The molecule has 2 atom stereocenters. The van der Waals surface area contributed by atoms with E-state index in [1.165, 1.54) is 4.90 Å². The van der Waals surface area contributed by atoms with Gasteiger partial charge in [0.2, 0.25) is 0 Å². The van der Waals surface area contributed by atoms with E-state index in [4.69, 9.17) is 9.47 Å². The van der Waals surface area contributed by atoms with Crippen molar-refractivity contribution in [3.8, 4) is 17.0 Å². The molecule has 1 N–H and O–H groups in total. The fraction of sp³-hybridized carbons (Fsp3) is 0.385. The van der Waals surface area contributed by atoms with Gasteiger partial charge in [-0.25, -0.2) is 9.48 Å². The van der Waals surface area contributed by atoms with Crippen LogP contribution >= 0.6 is 0 Å². The standard InChI is InChI=1S/C26H30N4O5/c1-29(16-18-7-4-3-5-8-18)26(33)34-17-23-24(27-28-30(23)2)19-11-13-21(14-12-19)35-22-10-6-9-20(15-22)25(31)32/h3-5,7-8,11-14,20,22H,6,9-10,15-17H2,1-2H3,(H,31,32)/t20-,22-/m0/s1. The van der Waals surface area contributed by atoms with Crippen molar-refractivity contribution in [3.05, 3.63) is 65.9 Å². The fourth-order valence-electron chi connectivity index (χ4n) is 4.29. The van der Waals surface area contributed by atoms with E-state index in [0.717, 1.165) is 24.0 Å². The summed E-state index contributed by atoms with van der Waals surface area (Å²) in [6.45, 7) is 0.486. The highest BCUT2D eigenvalue weighted by Crippen LogP contribution is 2.30. The monoisotopic (exact) mass is 478 g/mol. The van der Waals surface area contributed by atoms with Crippen LogP contribution in [0, 0.1) is 5.92 Å². The molecule has 1 fully saturated rings. The molecule has 0 aliphatic heterocycles. The Morgan fingerprint density at radius 1 is 1.11 bits per heavy atom. The Kier molecular flexibility index (Phi) is 7.64. The van der Waals surface area contributed by atoms with E-state index < -0.39 is 12.1 Å². The molecule has 0 spiro atoms. The zero-order chi connectivity index (χ0) is 24.8. The van der Waals surface area contributed by atoms with Crippen LogP contribution in [0.15, 0.2) is 54.6 Å². The average molecular weight is 479 g/mol. The number of nitrogens with zero attached hydrogens (tertiary/aromatic N) is 4. The Labute approximate surface area is 204 Å². The second kappa shape index (κ2) is 11.0. The van der Waals surface area contributed by atoms with Crippen LogP contribution in [0.2, 0.25) is 0 Å². The molecule has 3 aromatic rings. The molecular weight excluding hydrogens is 448 g/mol. The Bertz CT molecular complexity index is 1150. The summed E-state index contributed by atoms with van der Waals surface area (Å²) in [5.74, 6) is -0.412. The number of ether oxygens (including phenoxy) is 2. The Morgan fingerprint density at radius 2 is 1.86 bits per heavy atom. The van der Waals surface area contributed by atoms with Gasteiger partial charge in [-0.2, -0.15) is 0 Å². The lowest BCUT2D eigenvalue weighted by molar-refractivity contribution is -0.143. The summed E-state index contributed by atoms with van der Waals surface area (Å²) in [6.07, 6.45) is 2.39. The van der Waals surface area contributed by atoms with Crippen LogP contribution in [-0.4, -0.2) is 50.2 Å². The van der Waals surface area contributed by atoms with E-state index in [-0.39, 0.29) is 18.6 Å². The maximum Gasteiger partial charge on any atom is 0.410 e. The first kappa shape index (κ1) is 24.3. The van der Waals surface area contributed by atoms with Gasteiger partial charge in [0.1, 0.15) is 23.7 Å². The molecule has 35 heavy (non-hydrogen) atoms. The maximum absolute atomic E-state index is 12.5. The van der Waals surface area contributed by atoms with Crippen molar-refractivity contribution in [1.29, 1.82) is 0 Å². The molecule has 1 aliphatic rings. The van der Waals surface area contributed by atoms with Gasteiger partial charge in [-0.3, -0.25) is 4.79 Å². The van der Waals surface area contributed by atoms with E-state index in [1.807, 2.05) is 54.6 Å². The summed E-state index contributed by atoms with van der Waals surface area (Å²) < 4.78 is 13.2. The number of carbonyl (C=O) groups is 2. The lowest BCUT2D eigenvalue weighted by Gasteiger charge is -2.27. The summed E-state index contributed by atoms with van der Waals surface area (Å²) in [6, 6.07) is 17.2. The summed E-state index contributed by atoms with van der Waals surface area (Å²) in [5.41, 5.74) is 3.14. The molecule has 1 aliphatic carbocycles. The van der Waals surface area contributed by atoms with Crippen LogP contribution in [0.5, 0.6) is 5.75 Å². The van der Waals surface area contributed by atoms with Crippen molar-refractivity contribution in [1.82, 2.24) is 19.9 Å². The van der Waals surface area contributed by atoms with Crippen LogP contribution in [0.1, 0.15) is 36.9 Å². The third-order valence-electron chi connectivity index (χ3n) is 6.26. The van der Waals surface area contributed by atoms with Gasteiger partial charge in [-0.15, -0.1) is 5.10 Å². The number of aryl methyl sites for hydroxylation is 1. The SMILES string of the molecule is CN(Cc1ccccc1)C(=O)OCc1c(-c2ccc(O[C@H]3CCC[C@H](C(=O)O)C3)cc2)nnn1C. The number of hydrogen-bond acceptors (Lipinski definition) is 6. The first-order valence-corrected chi connectivity index (χ1v) is 11.7. The van der Waals surface area contributed by atoms with E-state index in [1.54, 1.807) is 18.8 Å². The first-order chi connectivity index (χ1) is 16.9. The highest BCUT2D eigenvalue weighted by atomic mass is 16.6. The number of carboxylic acids is 1. The molecule has 2 aromatic carbocycles. The van der Waals surface area contributed by atoms with Gasteiger partial charge in [0.25, 0.3) is 0 Å². The van der Waals surface area contributed by atoms with Gasteiger partial charge in [0.05, 0.1) is 12.0 Å². The summed E-state index contributed by atoms with van der Waals surface area (Å²) in [7, 11) is 3.45. The van der Waals surface area contributed by atoms with Crippen molar-refractivity contribution < 1.29 is 24.2 Å². The molecule has 4 rings (SSSR count). The lowest BCUT2D eigenvalue weighted by Crippen LogP contribution is -2.29. The molecule has 1 aromatic heterocycles. The summed E-state index contributed by atoms with van der Waals surface area (Å²) in [5, 5.41) is 17.6. The zero-order valence-corrected chi connectivity index (χ0v) is 20.0. The number of rotatable bonds is 8. The third kappa shape index (κ3) is 6.17. The van der Waals surface area contributed by atoms with Crippen molar-refractivity contribution in [2.24, 2.45) is 13.0 Å². The number of hydrogen-bond donors (Lipinski definition) is 1. The Balaban J connectivity index is 1.37. The molecule has 9 heteroatoms. The first-order valence-electron chi connectivity index (χ1n) is 11.7. The molecule has 0 unspecified atom stereocenters. The van der Waals surface area contributed by atoms with Gasteiger partial charge in [0, 0.05) is 26.2 Å².